The summed E-state index contributed by atoms with van der Waals surface area (Å²) in [6, 6.07) is 3.54. The first-order valence-electron chi connectivity index (χ1n) is 6.68. The Hall–Kier alpha value is -1.14. The van der Waals surface area contributed by atoms with Crippen LogP contribution in [-0.2, 0) is 11.3 Å². The van der Waals surface area contributed by atoms with Crippen LogP contribution in [0.5, 0.6) is 0 Å². The first-order chi connectivity index (χ1) is 9.38. The minimum absolute atomic E-state index is 0.00130. The summed E-state index contributed by atoms with van der Waals surface area (Å²) in [4.78, 5) is 28.1. The number of rotatable bonds is 3. The lowest BCUT2D eigenvalue weighted by molar-refractivity contribution is -0.131. The van der Waals surface area contributed by atoms with E-state index < -0.39 is 0 Å². The predicted molar refractivity (Wildman–Crippen MR) is 81.6 cm³/mol. The molecule has 1 aromatic heterocycles. The third-order valence-electron chi connectivity index (χ3n) is 3.84. The quantitative estimate of drug-likeness (QED) is 0.824. The molecule has 1 aromatic rings. The van der Waals surface area contributed by atoms with Crippen LogP contribution in [0.4, 0.5) is 0 Å². The first-order valence-corrected chi connectivity index (χ1v) is 7.48. The van der Waals surface area contributed by atoms with Crippen LogP contribution in [-0.4, -0.2) is 53.5 Å². The standard InChI is InChI=1S/C14H20BrN3O2/c1-10-6-17(8-12(10)16(2)3)14(20)9-18-7-11(15)4-5-13(18)19/h4-5,7,10,12H,6,8-9H2,1-3H3/t10-,12-/m0/s1. The molecule has 5 nitrogen and oxygen atoms in total. The van der Waals surface area contributed by atoms with Gasteiger partial charge in [-0.2, -0.15) is 0 Å². The molecule has 6 heteroatoms. The van der Waals surface area contributed by atoms with E-state index in [1.807, 2.05) is 19.0 Å². The van der Waals surface area contributed by atoms with Gasteiger partial charge >= 0.3 is 0 Å². The molecule has 2 rings (SSSR count). The number of hydrogen-bond donors (Lipinski definition) is 0. The lowest BCUT2D eigenvalue weighted by Gasteiger charge is -2.22. The highest BCUT2D eigenvalue weighted by atomic mass is 79.9. The number of aromatic nitrogens is 1. The monoisotopic (exact) mass is 341 g/mol. The Bertz CT molecular complexity index is 556. The lowest BCUT2D eigenvalue weighted by atomic mass is 10.1. The number of halogens is 1. The van der Waals surface area contributed by atoms with Crippen LogP contribution in [0.15, 0.2) is 27.6 Å². The van der Waals surface area contributed by atoms with Crippen LogP contribution in [0, 0.1) is 5.92 Å². The number of likely N-dealkylation sites (N-methyl/N-ethyl adjacent to an activating group) is 1. The fourth-order valence-electron chi connectivity index (χ4n) is 2.70. The second kappa shape index (κ2) is 6.10. The average Bonchev–Trinajstić information content (AvgIpc) is 2.76. The maximum Gasteiger partial charge on any atom is 0.251 e. The van der Waals surface area contributed by atoms with Crippen molar-refractivity contribution in [3.8, 4) is 0 Å². The van der Waals surface area contributed by atoms with E-state index in [0.717, 1.165) is 17.6 Å². The highest BCUT2D eigenvalue weighted by Gasteiger charge is 2.33. The Morgan fingerprint density at radius 3 is 2.70 bits per heavy atom. The molecule has 0 saturated carbocycles. The molecule has 1 amide bonds. The van der Waals surface area contributed by atoms with Crippen molar-refractivity contribution in [2.75, 3.05) is 27.2 Å². The second-order valence-electron chi connectivity index (χ2n) is 5.62. The van der Waals surface area contributed by atoms with E-state index in [9.17, 15) is 9.59 Å². The zero-order chi connectivity index (χ0) is 14.9. The molecule has 1 fully saturated rings. The van der Waals surface area contributed by atoms with Gasteiger partial charge in [0.1, 0.15) is 6.54 Å². The van der Waals surface area contributed by atoms with Crippen LogP contribution in [0.2, 0.25) is 0 Å². The molecule has 20 heavy (non-hydrogen) atoms. The fourth-order valence-corrected chi connectivity index (χ4v) is 3.08. The minimum atomic E-state index is -0.155. The smallest absolute Gasteiger partial charge is 0.251 e. The molecule has 1 aliphatic rings. The van der Waals surface area contributed by atoms with Crippen LogP contribution in [0.3, 0.4) is 0 Å². The van der Waals surface area contributed by atoms with E-state index in [4.69, 9.17) is 0 Å². The molecule has 2 heterocycles. The van der Waals surface area contributed by atoms with Crippen LogP contribution in [0.25, 0.3) is 0 Å². The Morgan fingerprint density at radius 2 is 2.10 bits per heavy atom. The molecule has 0 bridgehead atoms. The summed E-state index contributed by atoms with van der Waals surface area (Å²) in [5.74, 6) is 0.453. The Balaban J connectivity index is 2.06. The van der Waals surface area contributed by atoms with Gasteiger partial charge in [-0.25, -0.2) is 0 Å². The Kier molecular flexibility index (Phi) is 4.65. The lowest BCUT2D eigenvalue weighted by Crippen LogP contribution is -2.38. The maximum absolute atomic E-state index is 12.3. The Morgan fingerprint density at radius 1 is 1.40 bits per heavy atom. The van der Waals surface area contributed by atoms with Gasteiger partial charge in [-0.05, 0) is 42.0 Å². The fraction of sp³-hybridized carbons (Fsp3) is 0.571. The highest BCUT2D eigenvalue weighted by molar-refractivity contribution is 9.10. The molecular weight excluding hydrogens is 322 g/mol. The number of nitrogens with zero attached hydrogens (tertiary/aromatic N) is 3. The van der Waals surface area contributed by atoms with E-state index >= 15 is 0 Å². The maximum atomic E-state index is 12.3. The summed E-state index contributed by atoms with van der Waals surface area (Å²) >= 11 is 3.32. The van der Waals surface area contributed by atoms with E-state index in [0.29, 0.717) is 12.0 Å². The molecule has 110 valence electrons. The summed E-state index contributed by atoms with van der Waals surface area (Å²) in [5, 5.41) is 0. The Labute approximate surface area is 127 Å². The van der Waals surface area contributed by atoms with E-state index in [-0.39, 0.29) is 18.0 Å². The third kappa shape index (κ3) is 3.30. The van der Waals surface area contributed by atoms with Crippen molar-refractivity contribution in [3.63, 3.8) is 0 Å². The molecule has 0 aromatic carbocycles. The first kappa shape index (κ1) is 15.3. The largest absolute Gasteiger partial charge is 0.339 e. The zero-order valence-corrected chi connectivity index (χ0v) is 13.6. The van der Waals surface area contributed by atoms with Crippen LogP contribution >= 0.6 is 15.9 Å². The summed E-state index contributed by atoms with van der Waals surface area (Å²) in [7, 11) is 4.07. The number of hydrogen-bond acceptors (Lipinski definition) is 3. The van der Waals surface area contributed by atoms with Crippen molar-refractivity contribution >= 4 is 21.8 Å². The van der Waals surface area contributed by atoms with Gasteiger partial charge in [0.25, 0.3) is 5.56 Å². The summed E-state index contributed by atoms with van der Waals surface area (Å²) < 4.78 is 2.24. The van der Waals surface area contributed by atoms with Gasteiger partial charge in [-0.3, -0.25) is 9.59 Å². The minimum Gasteiger partial charge on any atom is -0.339 e. The topological polar surface area (TPSA) is 45.6 Å². The molecular formula is C14H20BrN3O2. The van der Waals surface area contributed by atoms with Crippen molar-refractivity contribution in [3.05, 3.63) is 33.2 Å². The van der Waals surface area contributed by atoms with E-state index in [1.165, 1.54) is 10.6 Å². The van der Waals surface area contributed by atoms with Gasteiger partial charge in [-0.1, -0.05) is 6.92 Å². The number of likely N-dealkylation sites (tertiary alicyclic amines) is 1. The summed E-state index contributed by atoms with van der Waals surface area (Å²) in [6.07, 6.45) is 1.66. The van der Waals surface area contributed by atoms with E-state index in [2.05, 4.69) is 27.8 Å². The molecule has 0 unspecified atom stereocenters. The van der Waals surface area contributed by atoms with Crippen molar-refractivity contribution in [1.82, 2.24) is 14.4 Å². The van der Waals surface area contributed by atoms with Gasteiger partial charge in [0.15, 0.2) is 0 Å². The van der Waals surface area contributed by atoms with Crippen molar-refractivity contribution in [2.24, 2.45) is 5.92 Å². The molecule has 1 saturated heterocycles. The van der Waals surface area contributed by atoms with Crippen molar-refractivity contribution < 1.29 is 4.79 Å². The predicted octanol–water partition coefficient (Wildman–Crippen LogP) is 1.02. The van der Waals surface area contributed by atoms with Gasteiger partial charge in [0.2, 0.25) is 5.91 Å². The summed E-state index contributed by atoms with van der Waals surface area (Å²) in [6.45, 7) is 3.74. The van der Waals surface area contributed by atoms with Crippen LogP contribution < -0.4 is 5.56 Å². The molecule has 1 aliphatic heterocycles. The van der Waals surface area contributed by atoms with Gasteiger partial charge in [0.05, 0.1) is 0 Å². The van der Waals surface area contributed by atoms with Gasteiger partial charge in [-0.15, -0.1) is 0 Å². The molecule has 0 aliphatic carbocycles. The molecule has 2 atom stereocenters. The normalized spacial score (nSPS) is 22.6. The SMILES string of the molecule is C[C@H]1CN(C(=O)Cn2cc(Br)ccc2=O)C[C@@H]1N(C)C. The molecule has 0 N–H and O–H groups in total. The third-order valence-corrected chi connectivity index (χ3v) is 4.31. The van der Waals surface area contributed by atoms with Gasteiger partial charge in [0, 0.05) is 35.9 Å². The number of carbonyl (C=O) groups excluding carboxylic acids is 1. The van der Waals surface area contributed by atoms with Gasteiger partial charge < -0.3 is 14.4 Å². The highest BCUT2D eigenvalue weighted by Crippen LogP contribution is 2.20. The summed E-state index contributed by atoms with van der Waals surface area (Å²) in [5.41, 5.74) is -0.155. The van der Waals surface area contributed by atoms with Crippen LogP contribution in [0.1, 0.15) is 6.92 Å². The number of pyridine rings is 1. The number of carbonyl (C=O) groups is 1. The second-order valence-corrected chi connectivity index (χ2v) is 6.54. The zero-order valence-electron chi connectivity index (χ0n) is 12.0. The average molecular weight is 342 g/mol. The molecule has 0 radical (unpaired) electrons. The van der Waals surface area contributed by atoms with Crippen molar-refractivity contribution in [2.45, 2.75) is 19.5 Å². The molecule has 0 spiro atoms. The number of amides is 1. The van der Waals surface area contributed by atoms with Crippen molar-refractivity contribution in [1.29, 1.82) is 0 Å². The van der Waals surface area contributed by atoms with E-state index in [1.54, 1.807) is 12.3 Å².